The second kappa shape index (κ2) is 7.69. The molecule has 0 spiro atoms. The van der Waals surface area contributed by atoms with Gasteiger partial charge in [-0.15, -0.1) is 0 Å². The number of aromatic amines is 1. The maximum Gasteiger partial charge on any atom is 0.297 e. The fourth-order valence-corrected chi connectivity index (χ4v) is 2.35. The van der Waals surface area contributed by atoms with E-state index >= 15 is 0 Å². The third-order valence-electron chi connectivity index (χ3n) is 3.68. The number of ether oxygens (including phenoxy) is 2. The number of amides is 1. The minimum atomic E-state index is -0.484. The normalized spacial score (nSPS) is 10.3. The summed E-state index contributed by atoms with van der Waals surface area (Å²) < 4.78 is 10.8. The molecule has 3 aromatic rings. The van der Waals surface area contributed by atoms with Crippen molar-refractivity contribution in [2.45, 2.75) is 0 Å². The molecular weight excluding hydrogens is 348 g/mol. The molecule has 1 aromatic carbocycles. The maximum absolute atomic E-state index is 12.3. The van der Waals surface area contributed by atoms with Crippen molar-refractivity contribution in [2.24, 2.45) is 0 Å². The van der Waals surface area contributed by atoms with Gasteiger partial charge in [-0.05, 0) is 36.4 Å². The van der Waals surface area contributed by atoms with Crippen molar-refractivity contribution in [3.05, 3.63) is 64.6 Å². The number of nitrogens with one attached hydrogen (secondary N) is 1. The van der Waals surface area contributed by atoms with Crippen LogP contribution in [0.2, 0.25) is 0 Å². The number of hydrogen-bond donors (Lipinski definition) is 1. The highest BCUT2D eigenvalue weighted by molar-refractivity contribution is 5.93. The number of rotatable bonds is 5. The van der Waals surface area contributed by atoms with E-state index in [1.54, 1.807) is 62.8 Å². The van der Waals surface area contributed by atoms with Crippen molar-refractivity contribution in [1.29, 1.82) is 0 Å². The summed E-state index contributed by atoms with van der Waals surface area (Å²) >= 11 is 0. The molecule has 0 aliphatic rings. The fraction of sp³-hybridized carbons (Fsp3) is 0.158. The second-order valence-electron chi connectivity index (χ2n) is 5.79. The third kappa shape index (κ3) is 3.95. The van der Waals surface area contributed by atoms with Crippen molar-refractivity contribution in [3.8, 4) is 28.9 Å². The van der Waals surface area contributed by atoms with E-state index < -0.39 is 5.56 Å². The van der Waals surface area contributed by atoms with Crippen LogP contribution in [0.5, 0.6) is 17.4 Å². The summed E-state index contributed by atoms with van der Waals surface area (Å²) in [6, 6.07) is 11.8. The Morgan fingerprint density at radius 2 is 1.85 bits per heavy atom. The van der Waals surface area contributed by atoms with Crippen LogP contribution in [0, 0.1) is 0 Å². The first kappa shape index (κ1) is 18.1. The SMILES string of the molecule is COc1c(Oc2ccc(C(=O)N(C)C)cc2)nc(-c2ccccn2)[nH]c1=O. The number of aromatic nitrogens is 3. The predicted octanol–water partition coefficient (Wildman–Crippen LogP) is 2.33. The van der Waals surface area contributed by atoms with Gasteiger partial charge in [0.2, 0.25) is 5.75 Å². The molecule has 0 atom stereocenters. The molecule has 2 heterocycles. The quantitative estimate of drug-likeness (QED) is 0.744. The van der Waals surface area contributed by atoms with Gasteiger partial charge in [-0.3, -0.25) is 14.6 Å². The molecule has 0 aliphatic carbocycles. The van der Waals surface area contributed by atoms with Crippen LogP contribution in [-0.4, -0.2) is 47.0 Å². The molecular formula is C19H18N4O4. The van der Waals surface area contributed by atoms with Crippen molar-refractivity contribution < 1.29 is 14.3 Å². The zero-order valence-corrected chi connectivity index (χ0v) is 15.1. The molecule has 8 nitrogen and oxygen atoms in total. The van der Waals surface area contributed by atoms with Gasteiger partial charge in [-0.25, -0.2) is 0 Å². The lowest BCUT2D eigenvalue weighted by molar-refractivity contribution is 0.0827. The molecule has 1 amide bonds. The number of H-pyrrole nitrogens is 1. The van der Waals surface area contributed by atoms with Crippen LogP contribution < -0.4 is 15.0 Å². The maximum atomic E-state index is 12.3. The molecule has 8 heteroatoms. The van der Waals surface area contributed by atoms with Crippen LogP contribution in [0.15, 0.2) is 53.5 Å². The summed E-state index contributed by atoms with van der Waals surface area (Å²) in [5, 5.41) is 0. The lowest BCUT2D eigenvalue weighted by Gasteiger charge is -2.12. The van der Waals surface area contributed by atoms with Crippen LogP contribution in [0.3, 0.4) is 0 Å². The number of hydrogen-bond acceptors (Lipinski definition) is 6. The van der Waals surface area contributed by atoms with Crippen LogP contribution in [0.25, 0.3) is 11.5 Å². The second-order valence-corrected chi connectivity index (χ2v) is 5.79. The molecule has 3 rings (SSSR count). The molecule has 0 saturated heterocycles. The minimum absolute atomic E-state index is 0.00795. The monoisotopic (exact) mass is 366 g/mol. The molecule has 0 fully saturated rings. The zero-order valence-electron chi connectivity index (χ0n) is 15.1. The number of carbonyl (C=O) groups is 1. The van der Waals surface area contributed by atoms with Crippen molar-refractivity contribution >= 4 is 5.91 Å². The predicted molar refractivity (Wildman–Crippen MR) is 99.2 cm³/mol. The van der Waals surface area contributed by atoms with Gasteiger partial charge in [0.1, 0.15) is 11.4 Å². The minimum Gasteiger partial charge on any atom is -0.487 e. The van der Waals surface area contributed by atoms with Gasteiger partial charge in [0.15, 0.2) is 5.82 Å². The first-order valence-electron chi connectivity index (χ1n) is 8.09. The molecule has 0 aliphatic heterocycles. The Labute approximate surface area is 155 Å². The molecule has 138 valence electrons. The Hall–Kier alpha value is -3.68. The Kier molecular flexibility index (Phi) is 5.16. The first-order valence-corrected chi connectivity index (χ1v) is 8.09. The topological polar surface area (TPSA) is 97.4 Å². The number of pyridine rings is 1. The Balaban J connectivity index is 1.95. The summed E-state index contributed by atoms with van der Waals surface area (Å²) in [5.74, 6) is 0.507. The fourth-order valence-electron chi connectivity index (χ4n) is 2.35. The van der Waals surface area contributed by atoms with Gasteiger partial charge in [0, 0.05) is 25.9 Å². The van der Waals surface area contributed by atoms with Gasteiger partial charge in [0.25, 0.3) is 17.3 Å². The number of benzene rings is 1. The van der Waals surface area contributed by atoms with E-state index in [-0.39, 0.29) is 23.4 Å². The van der Waals surface area contributed by atoms with E-state index in [4.69, 9.17) is 9.47 Å². The van der Waals surface area contributed by atoms with Gasteiger partial charge >= 0.3 is 0 Å². The molecule has 27 heavy (non-hydrogen) atoms. The smallest absolute Gasteiger partial charge is 0.297 e. The third-order valence-corrected chi connectivity index (χ3v) is 3.68. The van der Waals surface area contributed by atoms with Crippen molar-refractivity contribution in [1.82, 2.24) is 19.9 Å². The highest BCUT2D eigenvalue weighted by Crippen LogP contribution is 2.28. The average molecular weight is 366 g/mol. The van der Waals surface area contributed by atoms with Crippen LogP contribution >= 0.6 is 0 Å². The average Bonchev–Trinajstić information content (AvgIpc) is 2.68. The molecule has 2 aromatic heterocycles. The van der Waals surface area contributed by atoms with Crippen molar-refractivity contribution in [3.63, 3.8) is 0 Å². The Bertz CT molecular complexity index is 998. The molecule has 1 N–H and O–H groups in total. The lowest BCUT2D eigenvalue weighted by Crippen LogP contribution is -2.21. The summed E-state index contributed by atoms with van der Waals surface area (Å²) in [5.41, 5.74) is 0.531. The summed E-state index contributed by atoms with van der Waals surface area (Å²) in [7, 11) is 4.71. The Morgan fingerprint density at radius 1 is 1.11 bits per heavy atom. The highest BCUT2D eigenvalue weighted by atomic mass is 16.5. The summed E-state index contributed by atoms with van der Waals surface area (Å²) in [6.07, 6.45) is 1.60. The van der Waals surface area contributed by atoms with E-state index in [2.05, 4.69) is 15.0 Å². The van der Waals surface area contributed by atoms with Crippen molar-refractivity contribution in [2.75, 3.05) is 21.2 Å². The molecule has 0 unspecified atom stereocenters. The summed E-state index contributed by atoms with van der Waals surface area (Å²) in [4.78, 5) is 36.8. The zero-order chi connectivity index (χ0) is 19.4. The Morgan fingerprint density at radius 3 is 2.44 bits per heavy atom. The summed E-state index contributed by atoms with van der Waals surface area (Å²) in [6.45, 7) is 0. The van der Waals surface area contributed by atoms with Gasteiger partial charge in [-0.2, -0.15) is 4.98 Å². The van der Waals surface area contributed by atoms with E-state index in [1.807, 2.05) is 0 Å². The van der Waals surface area contributed by atoms with Gasteiger partial charge in [-0.1, -0.05) is 6.07 Å². The lowest BCUT2D eigenvalue weighted by atomic mass is 10.2. The number of methoxy groups -OCH3 is 1. The van der Waals surface area contributed by atoms with E-state index in [9.17, 15) is 9.59 Å². The molecule has 0 bridgehead atoms. The number of carbonyl (C=O) groups excluding carboxylic acids is 1. The highest BCUT2D eigenvalue weighted by Gasteiger charge is 2.16. The number of nitrogens with zero attached hydrogens (tertiary/aromatic N) is 3. The van der Waals surface area contributed by atoms with Gasteiger partial charge in [0.05, 0.1) is 7.11 Å². The van der Waals surface area contributed by atoms with E-state index in [1.165, 1.54) is 12.0 Å². The molecule has 0 radical (unpaired) electrons. The largest absolute Gasteiger partial charge is 0.487 e. The van der Waals surface area contributed by atoms with E-state index in [0.29, 0.717) is 17.0 Å². The first-order chi connectivity index (χ1) is 13.0. The standard InChI is InChI=1S/C19H18N4O4/c1-23(2)19(25)12-7-9-13(10-8-12)27-18-15(26-3)17(24)21-16(22-18)14-6-4-5-11-20-14/h4-11H,1-3H3,(H,21,22,24). The van der Waals surface area contributed by atoms with E-state index in [0.717, 1.165) is 0 Å². The van der Waals surface area contributed by atoms with Crippen LogP contribution in [0.1, 0.15) is 10.4 Å². The van der Waals surface area contributed by atoms with Crippen LogP contribution in [-0.2, 0) is 0 Å². The van der Waals surface area contributed by atoms with Crippen LogP contribution in [0.4, 0.5) is 0 Å². The van der Waals surface area contributed by atoms with Gasteiger partial charge < -0.3 is 19.4 Å². The molecule has 0 saturated carbocycles.